The maximum atomic E-state index is 12.5. The Morgan fingerprint density at radius 2 is 1.97 bits per heavy atom. The zero-order valence-electron chi connectivity index (χ0n) is 17.2. The lowest BCUT2D eigenvalue weighted by Crippen LogP contribution is -2.41. The number of halogens is 3. The number of rotatable bonds is 8. The second-order valence-electron chi connectivity index (χ2n) is 7.60. The highest BCUT2D eigenvalue weighted by molar-refractivity contribution is 5.83. The van der Waals surface area contributed by atoms with Gasteiger partial charge in [0.2, 0.25) is 0 Å². The first-order valence-electron chi connectivity index (χ1n) is 10.3. The average molecular weight is 422 g/mol. The molecule has 30 heavy (non-hydrogen) atoms. The highest BCUT2D eigenvalue weighted by Crippen LogP contribution is 2.22. The first-order chi connectivity index (χ1) is 14.4. The minimum atomic E-state index is -4.13. The Morgan fingerprint density at radius 1 is 1.17 bits per heavy atom. The summed E-state index contributed by atoms with van der Waals surface area (Å²) in [7, 11) is 1.69. The van der Waals surface area contributed by atoms with E-state index in [0.29, 0.717) is 38.7 Å². The van der Waals surface area contributed by atoms with Crippen LogP contribution < -0.4 is 15.4 Å². The van der Waals surface area contributed by atoms with Gasteiger partial charge < -0.3 is 15.4 Å². The summed E-state index contributed by atoms with van der Waals surface area (Å²) < 4.78 is 43.3. The molecular weight excluding hydrogens is 393 g/mol. The molecule has 1 aliphatic heterocycles. The molecule has 0 saturated carbocycles. The molecule has 2 N–H and O–H groups in total. The molecule has 0 radical (unpaired) electrons. The summed E-state index contributed by atoms with van der Waals surface area (Å²) in [4.78, 5) is 5.64. The minimum Gasteiger partial charge on any atom is -0.494 e. The number of guanidine groups is 1. The second kappa shape index (κ2) is 10.5. The van der Waals surface area contributed by atoms with Gasteiger partial charge in [0, 0.05) is 26.7 Å². The molecule has 0 bridgehead atoms. The van der Waals surface area contributed by atoms with E-state index in [1.54, 1.807) is 7.05 Å². The number of nitrogens with one attached hydrogen (secondary N) is 2. The average Bonchev–Trinajstić information content (AvgIpc) is 3.15. The predicted octanol–water partition coefficient (Wildman–Crippen LogP) is 3.66. The van der Waals surface area contributed by atoms with Crippen LogP contribution >= 0.6 is 0 Å². The van der Waals surface area contributed by atoms with E-state index in [0.717, 1.165) is 24.0 Å². The molecule has 0 aliphatic carbocycles. The minimum absolute atomic E-state index is 0.196. The smallest absolute Gasteiger partial charge is 0.401 e. The number of nitrogens with zero attached hydrogens (tertiary/aromatic N) is 2. The van der Waals surface area contributed by atoms with Crippen molar-refractivity contribution in [1.29, 1.82) is 0 Å². The fourth-order valence-electron chi connectivity index (χ4n) is 3.66. The summed E-state index contributed by atoms with van der Waals surface area (Å²) in [5, 5.41) is 8.77. The van der Waals surface area contributed by atoms with E-state index >= 15 is 0 Å². The van der Waals surface area contributed by atoms with Gasteiger partial charge in [0.25, 0.3) is 0 Å². The predicted molar refractivity (Wildman–Crippen MR) is 114 cm³/mol. The number of benzene rings is 2. The number of ether oxygens (including phenoxy) is 1. The fourth-order valence-corrected chi connectivity index (χ4v) is 3.66. The molecule has 2 aromatic carbocycles. The molecule has 1 atom stereocenters. The lowest BCUT2D eigenvalue weighted by Gasteiger charge is -2.18. The molecule has 1 saturated heterocycles. The molecule has 1 fully saturated rings. The fraction of sp³-hybridized carbons (Fsp3) is 0.500. The number of hydrogen-bond acceptors (Lipinski definition) is 3. The number of aliphatic imine (C=N–C) groups is 1. The maximum absolute atomic E-state index is 12.5. The molecule has 1 aliphatic rings. The Hall–Kier alpha value is -2.48. The van der Waals surface area contributed by atoms with E-state index < -0.39 is 12.7 Å². The summed E-state index contributed by atoms with van der Waals surface area (Å²) in [6.45, 7) is 2.01. The molecule has 164 valence electrons. The third-order valence-electron chi connectivity index (χ3n) is 5.16. The summed E-state index contributed by atoms with van der Waals surface area (Å²) in [5.74, 6) is 1.71. The molecule has 0 aromatic heterocycles. The van der Waals surface area contributed by atoms with Crippen LogP contribution in [0.4, 0.5) is 13.2 Å². The van der Waals surface area contributed by atoms with Gasteiger partial charge in [-0.3, -0.25) is 9.89 Å². The molecule has 1 heterocycles. The van der Waals surface area contributed by atoms with Crippen molar-refractivity contribution in [1.82, 2.24) is 15.5 Å². The lowest BCUT2D eigenvalue weighted by molar-refractivity contribution is -0.143. The Bertz CT molecular complexity index is 840. The standard InChI is InChI=1S/C22H29F3N4O/c1-26-21(28-14-17-9-11-29(15-17)16-22(23,24)25)27-10-4-12-30-20-8-7-18-5-2-3-6-19(18)13-20/h2-3,5-8,13,17H,4,9-12,14-16H2,1H3,(H2,26,27,28). The van der Waals surface area contributed by atoms with Gasteiger partial charge in [-0.1, -0.05) is 30.3 Å². The van der Waals surface area contributed by atoms with Crippen LogP contribution in [0.5, 0.6) is 5.75 Å². The first-order valence-corrected chi connectivity index (χ1v) is 10.3. The quantitative estimate of drug-likeness (QED) is 0.387. The third kappa shape index (κ3) is 7.09. The SMILES string of the molecule is CN=C(NCCCOc1ccc2ccccc2c1)NCC1CCN(CC(F)(F)F)C1. The van der Waals surface area contributed by atoms with E-state index in [1.807, 2.05) is 30.3 Å². The van der Waals surface area contributed by atoms with E-state index in [-0.39, 0.29) is 5.92 Å². The van der Waals surface area contributed by atoms with Gasteiger partial charge in [0.05, 0.1) is 13.2 Å². The van der Waals surface area contributed by atoms with Crippen LogP contribution in [0, 0.1) is 5.92 Å². The largest absolute Gasteiger partial charge is 0.494 e. The van der Waals surface area contributed by atoms with Crippen LogP contribution in [0.25, 0.3) is 10.8 Å². The van der Waals surface area contributed by atoms with Crippen molar-refractivity contribution in [2.45, 2.75) is 19.0 Å². The summed E-state index contributed by atoms with van der Waals surface area (Å²) in [5.41, 5.74) is 0. The highest BCUT2D eigenvalue weighted by Gasteiger charge is 2.34. The van der Waals surface area contributed by atoms with Crippen molar-refractivity contribution in [3.63, 3.8) is 0 Å². The van der Waals surface area contributed by atoms with E-state index in [2.05, 4.69) is 27.8 Å². The van der Waals surface area contributed by atoms with Crippen LogP contribution in [0.15, 0.2) is 47.5 Å². The molecular formula is C22H29F3N4O. The number of hydrogen-bond donors (Lipinski definition) is 2. The van der Waals surface area contributed by atoms with Crippen LogP contribution in [0.1, 0.15) is 12.8 Å². The summed E-state index contributed by atoms with van der Waals surface area (Å²) >= 11 is 0. The van der Waals surface area contributed by atoms with Crippen LogP contribution in [-0.4, -0.2) is 63.4 Å². The van der Waals surface area contributed by atoms with Gasteiger partial charge in [-0.05, 0) is 48.2 Å². The first kappa shape index (κ1) is 22.2. The van der Waals surface area contributed by atoms with Crippen LogP contribution in [0.3, 0.4) is 0 Å². The molecule has 0 amide bonds. The zero-order valence-corrected chi connectivity index (χ0v) is 17.2. The van der Waals surface area contributed by atoms with Crippen molar-refractivity contribution in [3.05, 3.63) is 42.5 Å². The summed E-state index contributed by atoms with van der Waals surface area (Å²) in [6, 6.07) is 14.2. The Kier molecular flexibility index (Phi) is 7.79. The lowest BCUT2D eigenvalue weighted by atomic mass is 10.1. The van der Waals surface area contributed by atoms with Gasteiger partial charge in [-0.2, -0.15) is 13.2 Å². The van der Waals surface area contributed by atoms with Crippen molar-refractivity contribution >= 4 is 16.7 Å². The topological polar surface area (TPSA) is 48.9 Å². The van der Waals surface area contributed by atoms with Crippen molar-refractivity contribution in [3.8, 4) is 5.75 Å². The maximum Gasteiger partial charge on any atom is 0.401 e. The van der Waals surface area contributed by atoms with Crippen LogP contribution in [-0.2, 0) is 0 Å². The zero-order chi connectivity index (χ0) is 21.4. The van der Waals surface area contributed by atoms with Gasteiger partial charge >= 0.3 is 6.18 Å². The molecule has 5 nitrogen and oxygen atoms in total. The number of alkyl halides is 3. The molecule has 8 heteroatoms. The second-order valence-corrected chi connectivity index (χ2v) is 7.60. The highest BCUT2D eigenvalue weighted by atomic mass is 19.4. The Labute approximate surface area is 175 Å². The van der Waals surface area contributed by atoms with Gasteiger partial charge in [-0.25, -0.2) is 0 Å². The van der Waals surface area contributed by atoms with Crippen molar-refractivity contribution < 1.29 is 17.9 Å². The summed E-state index contributed by atoms with van der Waals surface area (Å²) in [6.07, 6.45) is -2.56. The van der Waals surface area contributed by atoms with E-state index in [9.17, 15) is 13.2 Å². The normalized spacial score (nSPS) is 18.0. The van der Waals surface area contributed by atoms with E-state index in [1.165, 1.54) is 10.3 Å². The number of fused-ring (bicyclic) bond motifs is 1. The molecule has 1 unspecified atom stereocenters. The Morgan fingerprint density at radius 3 is 2.73 bits per heavy atom. The molecule has 0 spiro atoms. The van der Waals surface area contributed by atoms with Gasteiger partial charge in [0.15, 0.2) is 5.96 Å². The van der Waals surface area contributed by atoms with Gasteiger partial charge in [0.1, 0.15) is 5.75 Å². The molecule has 3 rings (SSSR count). The van der Waals surface area contributed by atoms with Gasteiger partial charge in [-0.15, -0.1) is 0 Å². The third-order valence-corrected chi connectivity index (χ3v) is 5.16. The van der Waals surface area contributed by atoms with Crippen molar-refractivity contribution in [2.24, 2.45) is 10.9 Å². The Balaban J connectivity index is 1.31. The number of likely N-dealkylation sites (tertiary alicyclic amines) is 1. The molecule has 2 aromatic rings. The monoisotopic (exact) mass is 422 g/mol. The van der Waals surface area contributed by atoms with Crippen LogP contribution in [0.2, 0.25) is 0 Å². The van der Waals surface area contributed by atoms with Crippen molar-refractivity contribution in [2.75, 3.05) is 46.4 Å². The van der Waals surface area contributed by atoms with E-state index in [4.69, 9.17) is 4.74 Å².